The Kier molecular flexibility index (Phi) is 7.79. The third-order valence-corrected chi connectivity index (χ3v) is 5.20. The first-order valence-corrected chi connectivity index (χ1v) is 10.9. The number of nitrogens with zero attached hydrogens (tertiary/aromatic N) is 2. The zero-order valence-electron chi connectivity index (χ0n) is 19.2. The first kappa shape index (κ1) is 23.9. The van der Waals surface area contributed by atoms with Crippen LogP contribution in [-0.2, 0) is 24.4 Å². The van der Waals surface area contributed by atoms with Crippen LogP contribution < -0.4 is 10.8 Å². The highest BCUT2D eigenvalue weighted by atomic mass is 16.5. The Balaban J connectivity index is 1.88. The van der Waals surface area contributed by atoms with Crippen molar-refractivity contribution in [2.75, 3.05) is 0 Å². The maximum atomic E-state index is 12.8. The molecule has 0 fully saturated rings. The second kappa shape index (κ2) is 10.7. The molecule has 0 radical (unpaired) electrons. The minimum absolute atomic E-state index is 0.0267. The van der Waals surface area contributed by atoms with Crippen LogP contribution in [0.15, 0.2) is 65.7 Å². The van der Waals surface area contributed by atoms with Gasteiger partial charge in [-0.2, -0.15) is 4.73 Å². The Labute approximate surface area is 193 Å². The second-order valence-corrected chi connectivity index (χ2v) is 8.22. The van der Waals surface area contributed by atoms with E-state index in [0.717, 1.165) is 27.0 Å². The fourth-order valence-corrected chi connectivity index (χ4v) is 3.50. The van der Waals surface area contributed by atoms with Crippen LogP contribution in [0.4, 0.5) is 0 Å². The molecule has 0 aliphatic rings. The number of amides is 1. The maximum Gasteiger partial charge on any atom is 0.226 e. The molecule has 0 aliphatic carbocycles. The molecule has 2 aromatic carbocycles. The molecule has 4 N–H and O–H groups in total. The molecule has 7 nitrogen and oxygen atoms in total. The summed E-state index contributed by atoms with van der Waals surface area (Å²) in [6.07, 6.45) is -0.0473. The van der Waals surface area contributed by atoms with Crippen LogP contribution in [0.3, 0.4) is 0 Å². The number of carbonyl (C=O) groups excluding carboxylic acids is 1. The van der Waals surface area contributed by atoms with E-state index in [-0.39, 0.29) is 25.0 Å². The summed E-state index contributed by atoms with van der Waals surface area (Å²) in [4.78, 5) is 17.2. The van der Waals surface area contributed by atoms with Crippen LogP contribution in [0, 0.1) is 5.41 Å². The van der Waals surface area contributed by atoms with Crippen molar-refractivity contribution in [2.24, 2.45) is 4.99 Å². The zero-order valence-corrected chi connectivity index (χ0v) is 19.2. The summed E-state index contributed by atoms with van der Waals surface area (Å²) < 4.78 is 0.974. The predicted octanol–water partition coefficient (Wildman–Crippen LogP) is 3.44. The lowest BCUT2D eigenvalue weighted by molar-refractivity contribution is -0.120. The molecule has 0 bridgehead atoms. The Morgan fingerprint density at radius 2 is 1.82 bits per heavy atom. The molecule has 0 unspecified atom stereocenters. The number of carbonyl (C=O) groups is 1. The standard InChI is InChI=1S/C26H30N4O3/c1-17(2)29-25-12-11-23(22-6-4-5-20(13-22)16-31)24(30(25)33)14-26(32)28-15-19-7-9-21(10-8-19)18(3)27/h4-13,17,27,31,33H,14-16H2,1-3H3,(H,28,32). The fraction of sp³-hybridized carbons (Fsp3) is 0.269. The van der Waals surface area contributed by atoms with Crippen LogP contribution in [0.25, 0.3) is 11.1 Å². The van der Waals surface area contributed by atoms with Crippen molar-refractivity contribution in [3.05, 3.63) is 88.5 Å². The van der Waals surface area contributed by atoms with Crippen molar-refractivity contribution in [1.29, 1.82) is 5.41 Å². The van der Waals surface area contributed by atoms with E-state index in [1.807, 2.05) is 68.4 Å². The summed E-state index contributed by atoms with van der Waals surface area (Å²) >= 11 is 0. The van der Waals surface area contributed by atoms with Gasteiger partial charge in [-0.1, -0.05) is 42.5 Å². The van der Waals surface area contributed by atoms with Gasteiger partial charge in [0.15, 0.2) is 5.49 Å². The van der Waals surface area contributed by atoms with Gasteiger partial charge in [0.1, 0.15) is 0 Å². The van der Waals surface area contributed by atoms with Gasteiger partial charge in [-0.25, -0.2) is 0 Å². The highest BCUT2D eigenvalue weighted by Crippen LogP contribution is 2.24. The number of benzene rings is 2. The molecule has 172 valence electrons. The van der Waals surface area contributed by atoms with Crippen molar-refractivity contribution in [1.82, 2.24) is 10.0 Å². The average molecular weight is 447 g/mol. The lowest BCUT2D eigenvalue weighted by Gasteiger charge is -2.15. The van der Waals surface area contributed by atoms with Gasteiger partial charge in [0.25, 0.3) is 0 Å². The second-order valence-electron chi connectivity index (χ2n) is 8.22. The van der Waals surface area contributed by atoms with Gasteiger partial charge < -0.3 is 21.0 Å². The van der Waals surface area contributed by atoms with E-state index in [1.165, 1.54) is 0 Å². The van der Waals surface area contributed by atoms with Crippen molar-refractivity contribution in [2.45, 2.75) is 46.4 Å². The van der Waals surface area contributed by atoms with Crippen LogP contribution >= 0.6 is 0 Å². The van der Waals surface area contributed by atoms with E-state index in [4.69, 9.17) is 5.41 Å². The van der Waals surface area contributed by atoms with E-state index < -0.39 is 0 Å². The summed E-state index contributed by atoms with van der Waals surface area (Å²) in [7, 11) is 0. The molecule has 0 atom stereocenters. The monoisotopic (exact) mass is 446 g/mol. The number of hydrogen-bond donors (Lipinski definition) is 4. The smallest absolute Gasteiger partial charge is 0.226 e. The number of aliphatic hydroxyl groups is 1. The van der Waals surface area contributed by atoms with E-state index in [2.05, 4.69) is 10.3 Å². The summed E-state index contributed by atoms with van der Waals surface area (Å²) in [6, 6.07) is 18.4. The molecule has 0 spiro atoms. The van der Waals surface area contributed by atoms with Crippen LogP contribution in [0.1, 0.15) is 43.2 Å². The maximum absolute atomic E-state index is 12.8. The third kappa shape index (κ3) is 6.17. The third-order valence-electron chi connectivity index (χ3n) is 5.20. The molecule has 3 rings (SSSR count). The lowest BCUT2D eigenvalue weighted by atomic mass is 10.00. The molecule has 7 heteroatoms. The number of pyridine rings is 1. The number of rotatable bonds is 8. The summed E-state index contributed by atoms with van der Waals surface area (Å²) in [6.45, 7) is 5.80. The largest absolute Gasteiger partial charge is 0.427 e. The first-order chi connectivity index (χ1) is 15.8. The topological polar surface area (TPSA) is 111 Å². The molecule has 0 aliphatic heterocycles. The SMILES string of the molecule is CC(=N)c1ccc(CNC(=O)Cc2c(-c3cccc(CO)c3)ccc(=NC(C)C)n2O)cc1. The van der Waals surface area contributed by atoms with Gasteiger partial charge in [0.05, 0.1) is 18.7 Å². The minimum atomic E-state index is -0.244. The lowest BCUT2D eigenvalue weighted by Crippen LogP contribution is -2.30. The van der Waals surface area contributed by atoms with E-state index in [1.54, 1.807) is 13.0 Å². The van der Waals surface area contributed by atoms with E-state index >= 15 is 0 Å². The van der Waals surface area contributed by atoms with Crippen LogP contribution in [-0.4, -0.2) is 32.7 Å². The van der Waals surface area contributed by atoms with Crippen molar-refractivity contribution in [3.63, 3.8) is 0 Å². The Bertz CT molecular complexity index is 1210. The highest BCUT2D eigenvalue weighted by molar-refractivity contribution is 5.96. The molecular formula is C26H30N4O3. The van der Waals surface area contributed by atoms with Crippen LogP contribution in [0.5, 0.6) is 0 Å². The number of aliphatic hydroxyl groups excluding tert-OH is 1. The molecule has 0 saturated heterocycles. The Morgan fingerprint density at radius 3 is 2.45 bits per heavy atom. The summed E-state index contributed by atoms with van der Waals surface area (Å²) in [5.41, 5.74) is 5.26. The van der Waals surface area contributed by atoms with Gasteiger partial charge in [-0.05, 0) is 61.2 Å². The first-order valence-electron chi connectivity index (χ1n) is 10.9. The van der Waals surface area contributed by atoms with Crippen molar-refractivity contribution in [3.8, 4) is 11.1 Å². The van der Waals surface area contributed by atoms with E-state index in [9.17, 15) is 15.1 Å². The van der Waals surface area contributed by atoms with Crippen molar-refractivity contribution >= 4 is 11.6 Å². The Hall–Kier alpha value is -3.71. The van der Waals surface area contributed by atoms with Gasteiger partial charge >= 0.3 is 0 Å². The summed E-state index contributed by atoms with van der Waals surface area (Å²) in [5.74, 6) is -0.244. The average Bonchev–Trinajstić information content (AvgIpc) is 2.80. The fourth-order valence-electron chi connectivity index (χ4n) is 3.50. The quantitative estimate of drug-likeness (QED) is 0.314. The highest BCUT2D eigenvalue weighted by Gasteiger charge is 2.15. The molecule has 33 heavy (non-hydrogen) atoms. The molecule has 1 amide bonds. The van der Waals surface area contributed by atoms with Crippen molar-refractivity contribution < 1.29 is 15.1 Å². The molecule has 1 heterocycles. The Morgan fingerprint density at radius 1 is 1.09 bits per heavy atom. The predicted molar refractivity (Wildman–Crippen MR) is 128 cm³/mol. The molecular weight excluding hydrogens is 416 g/mol. The summed E-state index contributed by atoms with van der Waals surface area (Å²) in [5, 5.41) is 31.0. The van der Waals surface area contributed by atoms with Gasteiger partial charge in [-0.3, -0.25) is 9.79 Å². The normalized spacial score (nSPS) is 11.6. The number of nitrogens with one attached hydrogen (secondary N) is 2. The van der Waals surface area contributed by atoms with Gasteiger partial charge in [-0.15, -0.1) is 0 Å². The van der Waals surface area contributed by atoms with Crippen LogP contribution in [0.2, 0.25) is 0 Å². The van der Waals surface area contributed by atoms with Gasteiger partial charge in [0.2, 0.25) is 5.91 Å². The minimum Gasteiger partial charge on any atom is -0.427 e. The van der Waals surface area contributed by atoms with Gasteiger partial charge in [0, 0.05) is 23.9 Å². The number of aromatic nitrogens is 1. The van der Waals surface area contributed by atoms with E-state index in [0.29, 0.717) is 29.0 Å². The number of hydrogen-bond acceptors (Lipinski definition) is 5. The molecule has 1 aromatic heterocycles. The molecule has 3 aromatic rings. The zero-order chi connectivity index (χ0) is 24.0. The molecule has 0 saturated carbocycles.